The SMILES string of the molecule is CN(CC1CCC1)C(=O)Nc1cnn(Cc2ccccc2)c1. The van der Waals surface area contributed by atoms with Crippen molar-refractivity contribution in [3.05, 3.63) is 48.3 Å². The maximum absolute atomic E-state index is 12.1. The van der Waals surface area contributed by atoms with Crippen molar-refractivity contribution in [2.45, 2.75) is 25.8 Å². The van der Waals surface area contributed by atoms with Crippen LogP contribution < -0.4 is 5.32 Å². The Bertz CT molecular complexity index is 619. The highest BCUT2D eigenvalue weighted by molar-refractivity contribution is 5.88. The highest BCUT2D eigenvalue weighted by Crippen LogP contribution is 2.26. The number of rotatable bonds is 5. The van der Waals surface area contributed by atoms with E-state index in [4.69, 9.17) is 0 Å². The van der Waals surface area contributed by atoms with Crippen LogP contribution in [0.5, 0.6) is 0 Å². The first-order chi connectivity index (χ1) is 10.7. The van der Waals surface area contributed by atoms with E-state index in [1.165, 1.54) is 24.8 Å². The Balaban J connectivity index is 1.53. The highest BCUT2D eigenvalue weighted by atomic mass is 16.2. The van der Waals surface area contributed by atoms with Crippen LogP contribution in [0.2, 0.25) is 0 Å². The van der Waals surface area contributed by atoms with Crippen molar-refractivity contribution >= 4 is 11.7 Å². The van der Waals surface area contributed by atoms with Gasteiger partial charge < -0.3 is 10.2 Å². The molecule has 0 saturated heterocycles. The molecule has 1 saturated carbocycles. The van der Waals surface area contributed by atoms with Crippen LogP contribution in [0.3, 0.4) is 0 Å². The van der Waals surface area contributed by atoms with Crippen LogP contribution in [0.4, 0.5) is 10.5 Å². The van der Waals surface area contributed by atoms with Gasteiger partial charge in [-0.15, -0.1) is 0 Å². The van der Waals surface area contributed by atoms with Gasteiger partial charge in [-0.3, -0.25) is 4.68 Å². The van der Waals surface area contributed by atoms with E-state index in [1.807, 2.05) is 36.1 Å². The average molecular weight is 298 g/mol. The Morgan fingerprint density at radius 2 is 2.14 bits per heavy atom. The molecule has 1 aliphatic carbocycles. The lowest BCUT2D eigenvalue weighted by molar-refractivity contribution is 0.194. The van der Waals surface area contributed by atoms with Crippen LogP contribution in [0.1, 0.15) is 24.8 Å². The summed E-state index contributed by atoms with van der Waals surface area (Å²) < 4.78 is 1.83. The van der Waals surface area contributed by atoms with Crippen molar-refractivity contribution < 1.29 is 4.79 Å². The predicted molar refractivity (Wildman–Crippen MR) is 86.8 cm³/mol. The van der Waals surface area contributed by atoms with Gasteiger partial charge in [0.25, 0.3) is 0 Å². The fraction of sp³-hybridized carbons (Fsp3) is 0.412. The zero-order chi connectivity index (χ0) is 15.4. The lowest BCUT2D eigenvalue weighted by Gasteiger charge is -2.30. The lowest BCUT2D eigenvalue weighted by Crippen LogP contribution is -2.37. The van der Waals surface area contributed by atoms with Gasteiger partial charge in [0.2, 0.25) is 0 Å². The first kappa shape index (κ1) is 14.6. The first-order valence-corrected chi connectivity index (χ1v) is 7.79. The van der Waals surface area contributed by atoms with E-state index in [2.05, 4.69) is 22.5 Å². The molecule has 5 heteroatoms. The zero-order valence-electron chi connectivity index (χ0n) is 12.9. The molecule has 22 heavy (non-hydrogen) atoms. The molecule has 0 atom stereocenters. The molecular formula is C17H22N4O. The molecule has 2 aromatic rings. The van der Waals surface area contributed by atoms with Crippen LogP contribution in [0, 0.1) is 5.92 Å². The number of anilines is 1. The number of benzene rings is 1. The van der Waals surface area contributed by atoms with Gasteiger partial charge in [0.15, 0.2) is 0 Å². The second-order valence-corrected chi connectivity index (χ2v) is 6.02. The summed E-state index contributed by atoms with van der Waals surface area (Å²) in [4.78, 5) is 13.9. The minimum Gasteiger partial charge on any atom is -0.327 e. The Kier molecular flexibility index (Phi) is 4.42. The Morgan fingerprint density at radius 1 is 1.36 bits per heavy atom. The number of nitrogens with one attached hydrogen (secondary N) is 1. The maximum atomic E-state index is 12.1. The van der Waals surface area contributed by atoms with E-state index in [9.17, 15) is 4.79 Å². The van der Waals surface area contributed by atoms with Gasteiger partial charge in [-0.1, -0.05) is 36.8 Å². The summed E-state index contributed by atoms with van der Waals surface area (Å²) in [5, 5.41) is 7.20. The quantitative estimate of drug-likeness (QED) is 0.921. The Hall–Kier alpha value is -2.30. The Morgan fingerprint density at radius 3 is 2.82 bits per heavy atom. The molecular weight excluding hydrogens is 276 g/mol. The van der Waals surface area contributed by atoms with Crippen molar-refractivity contribution in [1.82, 2.24) is 14.7 Å². The number of hydrogen-bond acceptors (Lipinski definition) is 2. The first-order valence-electron chi connectivity index (χ1n) is 7.79. The molecule has 2 amide bonds. The number of carbonyl (C=O) groups excluding carboxylic acids is 1. The fourth-order valence-electron chi connectivity index (χ4n) is 2.65. The summed E-state index contributed by atoms with van der Waals surface area (Å²) in [6, 6.07) is 10.1. The maximum Gasteiger partial charge on any atom is 0.321 e. The van der Waals surface area contributed by atoms with Crippen LogP contribution in [-0.2, 0) is 6.54 Å². The number of nitrogens with zero attached hydrogens (tertiary/aromatic N) is 3. The molecule has 0 unspecified atom stereocenters. The number of aromatic nitrogens is 2. The summed E-state index contributed by atoms with van der Waals surface area (Å²) >= 11 is 0. The van der Waals surface area contributed by atoms with Crippen LogP contribution in [0.15, 0.2) is 42.7 Å². The van der Waals surface area contributed by atoms with Gasteiger partial charge in [0.05, 0.1) is 18.4 Å². The zero-order valence-corrected chi connectivity index (χ0v) is 12.9. The summed E-state index contributed by atoms with van der Waals surface area (Å²) in [5.41, 5.74) is 1.92. The highest BCUT2D eigenvalue weighted by Gasteiger charge is 2.21. The molecule has 116 valence electrons. The van der Waals surface area contributed by atoms with Crippen LogP contribution in [0.25, 0.3) is 0 Å². The number of carbonyl (C=O) groups is 1. The van der Waals surface area contributed by atoms with E-state index in [1.54, 1.807) is 11.1 Å². The van der Waals surface area contributed by atoms with E-state index >= 15 is 0 Å². The summed E-state index contributed by atoms with van der Waals surface area (Å²) in [6.45, 7) is 1.54. The van der Waals surface area contributed by atoms with Gasteiger partial charge >= 0.3 is 6.03 Å². The van der Waals surface area contributed by atoms with Crippen LogP contribution >= 0.6 is 0 Å². The molecule has 0 aliphatic heterocycles. The van der Waals surface area contributed by atoms with Crippen molar-refractivity contribution in [1.29, 1.82) is 0 Å². The monoisotopic (exact) mass is 298 g/mol. The predicted octanol–water partition coefficient (Wildman–Crippen LogP) is 3.20. The molecule has 1 heterocycles. The minimum atomic E-state index is -0.0637. The molecule has 1 aromatic carbocycles. The topological polar surface area (TPSA) is 50.2 Å². The third-order valence-corrected chi connectivity index (χ3v) is 4.18. The van der Waals surface area contributed by atoms with Crippen LogP contribution in [-0.4, -0.2) is 34.3 Å². The molecule has 1 aliphatic rings. The molecule has 5 nitrogen and oxygen atoms in total. The second kappa shape index (κ2) is 6.64. The van der Waals surface area contributed by atoms with Gasteiger partial charge in [0, 0.05) is 19.8 Å². The standard InChI is InChI=1S/C17H22N4O/c1-20(11-14-8-5-9-14)17(22)19-16-10-18-21(13-16)12-15-6-3-2-4-7-15/h2-4,6-7,10,13-14H,5,8-9,11-12H2,1H3,(H,19,22). The van der Waals surface area contributed by atoms with Crippen molar-refractivity contribution in [2.24, 2.45) is 5.92 Å². The second-order valence-electron chi connectivity index (χ2n) is 6.02. The van der Waals surface area contributed by atoms with Gasteiger partial charge in [-0.05, 0) is 24.3 Å². The third-order valence-electron chi connectivity index (χ3n) is 4.18. The van der Waals surface area contributed by atoms with Crippen molar-refractivity contribution in [2.75, 3.05) is 18.9 Å². The molecule has 0 radical (unpaired) electrons. The van der Waals surface area contributed by atoms with E-state index in [-0.39, 0.29) is 6.03 Å². The number of urea groups is 1. The molecule has 0 spiro atoms. The summed E-state index contributed by atoms with van der Waals surface area (Å²) in [6.07, 6.45) is 7.34. The van der Waals surface area contributed by atoms with E-state index in [0.29, 0.717) is 12.5 Å². The third kappa shape index (κ3) is 3.67. The van der Waals surface area contributed by atoms with E-state index < -0.39 is 0 Å². The molecule has 1 aromatic heterocycles. The molecule has 3 rings (SSSR count). The minimum absolute atomic E-state index is 0.0637. The Labute approximate surface area is 130 Å². The van der Waals surface area contributed by atoms with Crippen molar-refractivity contribution in [3.8, 4) is 0 Å². The van der Waals surface area contributed by atoms with Crippen molar-refractivity contribution in [3.63, 3.8) is 0 Å². The average Bonchev–Trinajstić information content (AvgIpc) is 2.90. The number of hydrogen-bond donors (Lipinski definition) is 1. The number of amides is 2. The molecule has 1 N–H and O–H groups in total. The van der Waals surface area contributed by atoms with E-state index in [0.717, 1.165) is 12.2 Å². The smallest absolute Gasteiger partial charge is 0.321 e. The molecule has 1 fully saturated rings. The van der Waals surface area contributed by atoms with Gasteiger partial charge in [-0.25, -0.2) is 4.79 Å². The fourth-order valence-corrected chi connectivity index (χ4v) is 2.65. The summed E-state index contributed by atoms with van der Waals surface area (Å²) in [5.74, 6) is 0.677. The lowest BCUT2D eigenvalue weighted by atomic mass is 9.85. The normalized spacial score (nSPS) is 14.4. The molecule has 0 bridgehead atoms. The largest absolute Gasteiger partial charge is 0.327 e. The van der Waals surface area contributed by atoms with Gasteiger partial charge in [-0.2, -0.15) is 5.10 Å². The van der Waals surface area contributed by atoms with Gasteiger partial charge in [0.1, 0.15) is 0 Å². The summed E-state index contributed by atoms with van der Waals surface area (Å²) in [7, 11) is 1.85.